The minimum absolute atomic E-state index is 0.00622. The standard InChI is InChI=1S/C22H20F3N5O3/c1-12-18-14(10-16(27-12)30-7-3-6-17(30)31)20-26-11-13-4-2-5-15(22(23,24)25)19(13)32-8-9-33-21(28-18)29-20/h2,4-5,10H,3,6-9,11H2,1H3,(H,26,28,29). The number of pyridine rings is 1. The number of nitrogens with one attached hydrogen (secondary N) is 1. The van der Waals surface area contributed by atoms with Crippen molar-refractivity contribution in [3.05, 3.63) is 41.1 Å². The lowest BCUT2D eigenvalue weighted by molar-refractivity contribution is -0.139. The highest BCUT2D eigenvalue weighted by Crippen LogP contribution is 2.39. The second-order valence-corrected chi connectivity index (χ2v) is 7.81. The molecule has 2 bridgehead atoms. The molecule has 0 saturated carbocycles. The van der Waals surface area contributed by atoms with E-state index in [0.717, 1.165) is 12.5 Å². The van der Waals surface area contributed by atoms with Crippen LogP contribution in [0.2, 0.25) is 0 Å². The lowest BCUT2D eigenvalue weighted by Gasteiger charge is -2.18. The summed E-state index contributed by atoms with van der Waals surface area (Å²) in [7, 11) is 0. The Kier molecular flexibility index (Phi) is 5.18. The van der Waals surface area contributed by atoms with E-state index in [-0.39, 0.29) is 37.4 Å². The fourth-order valence-corrected chi connectivity index (χ4v) is 4.05. The maximum atomic E-state index is 13.5. The number of hydrogen-bond acceptors (Lipinski definition) is 7. The minimum Gasteiger partial charge on any atom is -0.489 e. The van der Waals surface area contributed by atoms with Crippen LogP contribution in [0.4, 0.5) is 24.8 Å². The molecule has 1 saturated heterocycles. The summed E-state index contributed by atoms with van der Waals surface area (Å²) in [5.41, 5.74) is 0.602. The van der Waals surface area contributed by atoms with Crippen LogP contribution in [0.3, 0.4) is 0 Å². The molecular weight excluding hydrogens is 439 g/mol. The number of halogens is 3. The summed E-state index contributed by atoms with van der Waals surface area (Å²) < 4.78 is 51.7. The number of hydrogen-bond donors (Lipinski definition) is 1. The molecule has 0 atom stereocenters. The third-order valence-corrected chi connectivity index (χ3v) is 5.58. The van der Waals surface area contributed by atoms with Crippen molar-refractivity contribution in [2.45, 2.75) is 32.5 Å². The monoisotopic (exact) mass is 459 g/mol. The molecule has 0 spiro atoms. The normalized spacial score (nSPS) is 16.5. The number of anilines is 2. The Hall–Kier alpha value is -3.63. The van der Waals surface area contributed by atoms with Gasteiger partial charge in [0.1, 0.15) is 36.1 Å². The summed E-state index contributed by atoms with van der Waals surface area (Å²) in [5.74, 6) is 0.622. The lowest BCUT2D eigenvalue weighted by Crippen LogP contribution is -2.25. The summed E-state index contributed by atoms with van der Waals surface area (Å²) in [4.78, 5) is 27.2. The fourth-order valence-electron chi connectivity index (χ4n) is 4.05. The van der Waals surface area contributed by atoms with E-state index in [1.54, 1.807) is 24.0 Å². The number of nitrogens with zero attached hydrogens (tertiary/aromatic N) is 4. The Balaban J connectivity index is 1.60. The number of aromatic nitrogens is 3. The molecule has 1 amide bonds. The molecular formula is C22H20F3N5O3. The van der Waals surface area contributed by atoms with Crippen molar-refractivity contribution >= 4 is 28.4 Å². The Bertz CT molecular complexity index is 1250. The number of carbonyl (C=O) groups excluding carboxylic acids is 1. The van der Waals surface area contributed by atoms with Gasteiger partial charge in [0.05, 0.1) is 11.3 Å². The van der Waals surface area contributed by atoms with Crippen LogP contribution in [0, 0.1) is 6.92 Å². The molecule has 8 nitrogen and oxygen atoms in total. The van der Waals surface area contributed by atoms with Crippen LogP contribution in [-0.4, -0.2) is 40.6 Å². The average molecular weight is 459 g/mol. The van der Waals surface area contributed by atoms with Gasteiger partial charge in [0.15, 0.2) is 0 Å². The number of fused-ring (bicyclic) bond motifs is 5. The number of para-hydroxylation sites is 1. The van der Waals surface area contributed by atoms with E-state index >= 15 is 0 Å². The molecule has 172 valence electrons. The Morgan fingerprint density at radius 3 is 2.70 bits per heavy atom. The summed E-state index contributed by atoms with van der Waals surface area (Å²) in [6, 6.07) is 5.69. The summed E-state index contributed by atoms with van der Waals surface area (Å²) in [5, 5.41) is 3.70. The van der Waals surface area contributed by atoms with Gasteiger partial charge < -0.3 is 14.8 Å². The molecule has 33 heavy (non-hydrogen) atoms. The van der Waals surface area contributed by atoms with Gasteiger partial charge in [-0.3, -0.25) is 9.69 Å². The molecule has 2 aliphatic rings. The number of amides is 1. The third-order valence-electron chi connectivity index (χ3n) is 5.58. The highest BCUT2D eigenvalue weighted by Gasteiger charge is 2.35. The smallest absolute Gasteiger partial charge is 0.419 e. The predicted molar refractivity (Wildman–Crippen MR) is 113 cm³/mol. The molecule has 3 aromatic rings. The van der Waals surface area contributed by atoms with E-state index in [4.69, 9.17) is 9.47 Å². The summed E-state index contributed by atoms with van der Waals surface area (Å²) in [6.45, 7) is 2.24. The molecule has 1 N–H and O–H groups in total. The molecule has 2 aliphatic heterocycles. The van der Waals surface area contributed by atoms with Gasteiger partial charge in [-0.2, -0.15) is 23.1 Å². The SMILES string of the molecule is Cc1nc(N2CCCC2=O)cc2c3nc(nc12)OCCOc1c(cccc1C(F)(F)F)CN3. The molecule has 4 heterocycles. The molecule has 0 aliphatic carbocycles. The van der Waals surface area contributed by atoms with E-state index in [0.29, 0.717) is 46.8 Å². The van der Waals surface area contributed by atoms with Crippen molar-refractivity contribution in [2.75, 3.05) is 30.0 Å². The van der Waals surface area contributed by atoms with Crippen molar-refractivity contribution in [2.24, 2.45) is 0 Å². The Morgan fingerprint density at radius 1 is 1.12 bits per heavy atom. The highest BCUT2D eigenvalue weighted by atomic mass is 19.4. The third kappa shape index (κ3) is 3.98. The van der Waals surface area contributed by atoms with Gasteiger partial charge in [-0.1, -0.05) is 12.1 Å². The number of alkyl halides is 3. The van der Waals surface area contributed by atoms with Crippen LogP contribution in [-0.2, 0) is 17.5 Å². The van der Waals surface area contributed by atoms with E-state index in [1.807, 2.05) is 0 Å². The maximum absolute atomic E-state index is 13.5. The fraction of sp³-hybridized carbons (Fsp3) is 0.364. The first-order chi connectivity index (χ1) is 15.8. The quantitative estimate of drug-likeness (QED) is 0.591. The zero-order valence-electron chi connectivity index (χ0n) is 17.7. The number of ether oxygens (including phenoxy) is 2. The second kappa shape index (κ2) is 8.05. The van der Waals surface area contributed by atoms with Crippen LogP contribution < -0.4 is 19.7 Å². The number of benzene rings is 1. The van der Waals surface area contributed by atoms with E-state index in [2.05, 4.69) is 20.3 Å². The van der Waals surface area contributed by atoms with E-state index < -0.39 is 11.7 Å². The largest absolute Gasteiger partial charge is 0.489 e. The molecule has 1 fully saturated rings. The van der Waals surface area contributed by atoms with Gasteiger partial charge in [-0.15, -0.1) is 0 Å². The van der Waals surface area contributed by atoms with Gasteiger partial charge in [-0.05, 0) is 25.5 Å². The van der Waals surface area contributed by atoms with Crippen LogP contribution in [0.5, 0.6) is 11.8 Å². The number of carbonyl (C=O) groups is 1. The van der Waals surface area contributed by atoms with Gasteiger partial charge in [0, 0.05) is 30.5 Å². The molecule has 0 unspecified atom stereocenters. The molecule has 11 heteroatoms. The molecule has 1 aromatic carbocycles. The first kappa shape index (κ1) is 21.2. The maximum Gasteiger partial charge on any atom is 0.419 e. The van der Waals surface area contributed by atoms with Crippen LogP contribution in [0.1, 0.15) is 29.7 Å². The molecule has 0 radical (unpaired) electrons. The zero-order chi connectivity index (χ0) is 23.2. The second-order valence-electron chi connectivity index (χ2n) is 7.81. The van der Waals surface area contributed by atoms with Gasteiger partial charge in [0.25, 0.3) is 0 Å². The van der Waals surface area contributed by atoms with Crippen molar-refractivity contribution in [3.63, 3.8) is 0 Å². The van der Waals surface area contributed by atoms with Gasteiger partial charge >= 0.3 is 12.2 Å². The average Bonchev–Trinajstić information content (AvgIpc) is 3.19. The van der Waals surface area contributed by atoms with Crippen LogP contribution in [0.15, 0.2) is 24.3 Å². The summed E-state index contributed by atoms with van der Waals surface area (Å²) >= 11 is 0. The van der Waals surface area contributed by atoms with Crippen LogP contribution in [0.25, 0.3) is 10.9 Å². The zero-order valence-corrected chi connectivity index (χ0v) is 17.7. The molecule has 5 rings (SSSR count). The van der Waals surface area contributed by atoms with E-state index in [1.165, 1.54) is 6.07 Å². The first-order valence-electron chi connectivity index (χ1n) is 10.5. The number of aryl methyl sites for hydroxylation is 1. The van der Waals surface area contributed by atoms with E-state index in [9.17, 15) is 18.0 Å². The Labute approximate surface area is 186 Å². The van der Waals surface area contributed by atoms with Gasteiger partial charge in [-0.25, -0.2) is 4.98 Å². The van der Waals surface area contributed by atoms with Gasteiger partial charge in [0.2, 0.25) is 5.91 Å². The highest BCUT2D eigenvalue weighted by molar-refractivity contribution is 5.98. The topological polar surface area (TPSA) is 89.5 Å². The lowest BCUT2D eigenvalue weighted by atomic mass is 10.1. The first-order valence-corrected chi connectivity index (χ1v) is 10.5. The van der Waals surface area contributed by atoms with Crippen LogP contribution >= 0.6 is 0 Å². The summed E-state index contributed by atoms with van der Waals surface area (Å²) in [6.07, 6.45) is -3.34. The van der Waals surface area contributed by atoms with Crippen molar-refractivity contribution < 1.29 is 27.4 Å². The van der Waals surface area contributed by atoms with Crippen molar-refractivity contribution in [1.29, 1.82) is 0 Å². The number of rotatable bonds is 1. The predicted octanol–water partition coefficient (Wildman–Crippen LogP) is 3.86. The van der Waals surface area contributed by atoms with Crippen molar-refractivity contribution in [3.8, 4) is 11.8 Å². The molecule has 2 aromatic heterocycles. The Morgan fingerprint density at radius 2 is 1.94 bits per heavy atom. The van der Waals surface area contributed by atoms with Crippen molar-refractivity contribution in [1.82, 2.24) is 15.0 Å². The minimum atomic E-state index is -4.56.